The predicted octanol–water partition coefficient (Wildman–Crippen LogP) is 5.15. The van der Waals surface area contributed by atoms with E-state index in [-0.39, 0.29) is 17.8 Å². The van der Waals surface area contributed by atoms with E-state index in [2.05, 4.69) is 21.8 Å². The molecular formula is C32H36N4O4. The van der Waals surface area contributed by atoms with Gasteiger partial charge >= 0.3 is 0 Å². The van der Waals surface area contributed by atoms with Crippen LogP contribution in [0.15, 0.2) is 65.8 Å². The van der Waals surface area contributed by atoms with E-state index >= 15 is 0 Å². The lowest BCUT2D eigenvalue weighted by Gasteiger charge is -2.38. The Hall–Kier alpha value is -3.62. The predicted molar refractivity (Wildman–Crippen MR) is 153 cm³/mol. The van der Waals surface area contributed by atoms with Crippen molar-refractivity contribution in [1.29, 1.82) is 0 Å². The number of hydrogen-bond donors (Lipinski definition) is 1. The molecule has 5 heterocycles. The Balaban J connectivity index is 1.03. The summed E-state index contributed by atoms with van der Waals surface area (Å²) >= 11 is 0. The third-order valence-electron chi connectivity index (χ3n) is 8.79. The lowest BCUT2D eigenvalue weighted by Crippen LogP contribution is -2.46. The van der Waals surface area contributed by atoms with Crippen molar-refractivity contribution in [2.75, 3.05) is 13.2 Å². The molecule has 208 valence electrons. The number of ether oxygens (including phenoxy) is 3. The molecule has 1 unspecified atom stereocenters. The van der Waals surface area contributed by atoms with Gasteiger partial charge in [0.1, 0.15) is 30.0 Å². The minimum absolute atomic E-state index is 0.0447. The first-order valence-electron chi connectivity index (χ1n) is 14.5. The van der Waals surface area contributed by atoms with Gasteiger partial charge in [-0.15, -0.1) is 0 Å². The van der Waals surface area contributed by atoms with Crippen LogP contribution in [0.2, 0.25) is 0 Å². The fourth-order valence-electron chi connectivity index (χ4n) is 6.72. The molecule has 0 amide bonds. The maximum atomic E-state index is 13.4. The van der Waals surface area contributed by atoms with Gasteiger partial charge in [-0.05, 0) is 98.9 Å². The summed E-state index contributed by atoms with van der Waals surface area (Å²) in [6.07, 6.45) is 12.5. The third kappa shape index (κ3) is 5.02. The van der Waals surface area contributed by atoms with Crippen LogP contribution >= 0.6 is 0 Å². The number of nitrogens with zero attached hydrogens (tertiary/aromatic N) is 3. The number of fused-ring (bicyclic) bond motifs is 3. The summed E-state index contributed by atoms with van der Waals surface area (Å²) in [5, 5.41) is 1.54. The molecule has 0 spiro atoms. The highest BCUT2D eigenvalue weighted by Crippen LogP contribution is 2.38. The van der Waals surface area contributed by atoms with Crippen molar-refractivity contribution in [3.8, 4) is 17.2 Å². The van der Waals surface area contributed by atoms with E-state index in [9.17, 15) is 4.79 Å². The Morgan fingerprint density at radius 2 is 1.95 bits per heavy atom. The molecule has 3 aliphatic heterocycles. The molecule has 2 aromatic carbocycles. The largest absolute Gasteiger partial charge is 0.491 e. The fraction of sp³-hybridized carbons (Fsp3) is 0.438. The van der Waals surface area contributed by atoms with Gasteiger partial charge in [-0.1, -0.05) is 0 Å². The van der Waals surface area contributed by atoms with Gasteiger partial charge in [0.15, 0.2) is 0 Å². The number of hydrogen-bond acceptors (Lipinski definition) is 6. The van der Waals surface area contributed by atoms with Crippen molar-refractivity contribution in [3.63, 3.8) is 0 Å². The van der Waals surface area contributed by atoms with Crippen LogP contribution in [-0.2, 0) is 11.3 Å². The summed E-state index contributed by atoms with van der Waals surface area (Å²) in [5.41, 5.74) is 1.83. The normalized spacial score (nSPS) is 24.5. The molecular weight excluding hydrogens is 504 g/mol. The van der Waals surface area contributed by atoms with Crippen LogP contribution < -0.4 is 15.0 Å². The van der Waals surface area contributed by atoms with Crippen LogP contribution in [0.25, 0.3) is 16.5 Å². The van der Waals surface area contributed by atoms with E-state index in [1.165, 1.54) is 12.8 Å². The van der Waals surface area contributed by atoms with Crippen molar-refractivity contribution in [3.05, 3.63) is 82.8 Å². The second-order valence-electron chi connectivity index (χ2n) is 11.4. The van der Waals surface area contributed by atoms with Gasteiger partial charge in [0.2, 0.25) is 0 Å². The topological polar surface area (TPSA) is 81.6 Å². The molecule has 4 atom stereocenters. The number of nitrogens with one attached hydrogen (secondary N) is 1. The summed E-state index contributed by atoms with van der Waals surface area (Å²) in [5.74, 6) is 2.70. The monoisotopic (exact) mass is 540 g/mol. The van der Waals surface area contributed by atoms with Crippen LogP contribution in [-0.4, -0.2) is 56.9 Å². The summed E-state index contributed by atoms with van der Waals surface area (Å²) in [7, 11) is 0. The van der Waals surface area contributed by atoms with Crippen molar-refractivity contribution in [1.82, 2.24) is 19.4 Å². The lowest BCUT2D eigenvalue weighted by molar-refractivity contribution is 0.0428. The molecule has 3 saturated heterocycles. The van der Waals surface area contributed by atoms with E-state index in [4.69, 9.17) is 14.2 Å². The Morgan fingerprint density at radius 1 is 1.07 bits per heavy atom. The number of rotatable bonds is 8. The summed E-state index contributed by atoms with van der Waals surface area (Å²) in [4.78, 5) is 23.7. The molecule has 8 heteroatoms. The molecule has 2 aromatic heterocycles. The van der Waals surface area contributed by atoms with Crippen LogP contribution in [0.5, 0.6) is 11.5 Å². The first-order valence-corrected chi connectivity index (χ1v) is 14.5. The van der Waals surface area contributed by atoms with Gasteiger partial charge in [0, 0.05) is 48.4 Å². The maximum absolute atomic E-state index is 13.4. The van der Waals surface area contributed by atoms with Gasteiger partial charge in [-0.2, -0.15) is 0 Å². The quantitative estimate of drug-likeness (QED) is 0.333. The molecule has 0 aliphatic carbocycles. The number of H-pyrrole nitrogens is 1. The molecule has 3 aliphatic rings. The molecule has 1 N–H and O–H groups in total. The highest BCUT2D eigenvalue weighted by molar-refractivity contribution is 5.83. The zero-order valence-corrected chi connectivity index (χ0v) is 22.9. The zero-order valence-electron chi connectivity index (χ0n) is 22.9. The van der Waals surface area contributed by atoms with Gasteiger partial charge in [-0.25, -0.2) is 4.98 Å². The summed E-state index contributed by atoms with van der Waals surface area (Å²) in [6.45, 7) is 4.29. The molecule has 0 radical (unpaired) electrons. The Morgan fingerprint density at radius 3 is 2.70 bits per heavy atom. The fourth-order valence-corrected chi connectivity index (χ4v) is 6.72. The van der Waals surface area contributed by atoms with Gasteiger partial charge in [0.05, 0.1) is 12.6 Å². The van der Waals surface area contributed by atoms with Crippen molar-refractivity contribution in [2.45, 2.75) is 76.3 Å². The Bertz CT molecular complexity index is 1530. The number of imidazole rings is 1. The number of piperidine rings is 1. The average Bonchev–Trinajstić information content (AvgIpc) is 3.72. The van der Waals surface area contributed by atoms with Crippen molar-refractivity contribution < 1.29 is 14.2 Å². The van der Waals surface area contributed by atoms with Crippen LogP contribution in [0.4, 0.5) is 0 Å². The van der Waals surface area contributed by atoms with Crippen molar-refractivity contribution >= 4 is 10.8 Å². The standard InChI is InChI=1S/C32H36N4O4/c1-21-15-23(35-13-10-22-16-26(7-8-29(22)32(35)37)39-20-27-3-2-14-38-27)6-9-30(21)40-28-17-24-4-5-25(18-28)36(24)19-31-33-11-12-34-31/h6-13,15-16,24-25,27-28H,2-5,14,17-20H2,1H3,(H,33,34)/t24-,25+,27-,28?/m1/s1. The first kappa shape index (κ1) is 25.4. The minimum Gasteiger partial charge on any atom is -0.491 e. The van der Waals surface area contributed by atoms with Crippen molar-refractivity contribution in [2.24, 2.45) is 0 Å². The van der Waals surface area contributed by atoms with E-state index < -0.39 is 0 Å². The number of benzene rings is 2. The second kappa shape index (κ2) is 10.7. The minimum atomic E-state index is -0.0447. The van der Waals surface area contributed by atoms with Gasteiger partial charge in [0.25, 0.3) is 5.56 Å². The summed E-state index contributed by atoms with van der Waals surface area (Å²) in [6, 6.07) is 14.7. The summed E-state index contributed by atoms with van der Waals surface area (Å²) < 4.78 is 19.8. The number of aromatic nitrogens is 3. The van der Waals surface area contributed by atoms with Crippen LogP contribution in [0.1, 0.15) is 49.9 Å². The molecule has 0 saturated carbocycles. The van der Waals surface area contributed by atoms with E-state index in [0.29, 0.717) is 24.1 Å². The molecule has 40 heavy (non-hydrogen) atoms. The number of aryl methyl sites for hydroxylation is 1. The van der Waals surface area contributed by atoms with Gasteiger partial charge < -0.3 is 19.2 Å². The highest BCUT2D eigenvalue weighted by atomic mass is 16.5. The lowest BCUT2D eigenvalue weighted by atomic mass is 9.99. The SMILES string of the molecule is Cc1cc(-n2ccc3cc(OC[C@H]4CCCO4)ccc3c2=O)ccc1OC1C[C@H]2CC[C@@H](C1)N2Cc1ncc[nH]1. The molecule has 2 bridgehead atoms. The number of pyridine rings is 1. The smallest absolute Gasteiger partial charge is 0.262 e. The van der Waals surface area contributed by atoms with Crippen LogP contribution in [0.3, 0.4) is 0 Å². The maximum Gasteiger partial charge on any atom is 0.262 e. The second-order valence-corrected chi connectivity index (χ2v) is 11.4. The Labute approximate surface area is 233 Å². The van der Waals surface area contributed by atoms with E-state index in [0.717, 1.165) is 72.8 Å². The Kier molecular flexibility index (Phi) is 6.81. The first-order chi connectivity index (χ1) is 19.6. The molecule has 8 nitrogen and oxygen atoms in total. The highest BCUT2D eigenvalue weighted by Gasteiger charge is 2.41. The van der Waals surface area contributed by atoms with E-state index in [1.807, 2.05) is 61.1 Å². The van der Waals surface area contributed by atoms with Crippen LogP contribution in [0, 0.1) is 6.92 Å². The molecule has 7 rings (SSSR count). The molecule has 4 aromatic rings. The molecule has 3 fully saturated rings. The number of aromatic amines is 1. The van der Waals surface area contributed by atoms with E-state index in [1.54, 1.807) is 4.57 Å². The zero-order chi connectivity index (χ0) is 27.1. The third-order valence-corrected chi connectivity index (χ3v) is 8.79. The van der Waals surface area contributed by atoms with Gasteiger partial charge in [-0.3, -0.25) is 14.3 Å². The average molecular weight is 541 g/mol.